The van der Waals surface area contributed by atoms with Crippen LogP contribution in [-0.2, 0) is 0 Å². The molecule has 14 heavy (non-hydrogen) atoms. The van der Waals surface area contributed by atoms with Gasteiger partial charge in [-0.05, 0) is 42.9 Å². The fraction of sp³-hybridized carbons (Fsp3) is 0.846. The van der Waals surface area contributed by atoms with Crippen molar-refractivity contribution < 1.29 is 5.11 Å². The quantitative estimate of drug-likeness (QED) is 0.686. The lowest BCUT2D eigenvalue weighted by Crippen LogP contribution is -2.22. The molecule has 0 radical (unpaired) electrons. The van der Waals surface area contributed by atoms with Crippen molar-refractivity contribution >= 4 is 0 Å². The molecule has 0 heterocycles. The van der Waals surface area contributed by atoms with E-state index in [0.29, 0.717) is 12.0 Å². The number of aliphatic hydroxyl groups is 1. The highest BCUT2D eigenvalue weighted by atomic mass is 16.2. The topological polar surface area (TPSA) is 20.2 Å². The van der Waals surface area contributed by atoms with Gasteiger partial charge in [-0.2, -0.15) is 0 Å². The normalized spacial score (nSPS) is 28.0. The van der Waals surface area contributed by atoms with Crippen LogP contribution in [0.5, 0.6) is 0 Å². The average Bonchev–Trinajstić information content (AvgIpc) is 2.14. The van der Waals surface area contributed by atoms with Crippen molar-refractivity contribution in [2.24, 2.45) is 17.3 Å². The summed E-state index contributed by atoms with van der Waals surface area (Å²) in [6.07, 6.45) is 9.49. The van der Waals surface area contributed by atoms with Crippen molar-refractivity contribution in [2.75, 3.05) is 6.61 Å². The standard InChI is InChI=1S/C13H24O/c1-13(2,3)12-8-6-11(7-9-12)5-4-10-14/h6,8,11-12,14H,4-5,7,9-10H2,1-3H3. The van der Waals surface area contributed by atoms with Gasteiger partial charge in [-0.25, -0.2) is 0 Å². The van der Waals surface area contributed by atoms with E-state index in [0.717, 1.165) is 24.7 Å². The van der Waals surface area contributed by atoms with Crippen molar-refractivity contribution in [2.45, 2.75) is 46.5 Å². The Morgan fingerprint density at radius 3 is 2.36 bits per heavy atom. The Bertz CT molecular complexity index is 188. The van der Waals surface area contributed by atoms with Crippen LogP contribution in [0.15, 0.2) is 12.2 Å². The second-order valence-corrected chi connectivity index (χ2v) is 5.56. The zero-order valence-electron chi connectivity index (χ0n) is 9.79. The molecular weight excluding hydrogens is 172 g/mol. The van der Waals surface area contributed by atoms with E-state index in [1.54, 1.807) is 0 Å². The van der Waals surface area contributed by atoms with Crippen LogP contribution in [0.1, 0.15) is 46.5 Å². The molecule has 0 fully saturated rings. The van der Waals surface area contributed by atoms with Gasteiger partial charge >= 0.3 is 0 Å². The fourth-order valence-corrected chi connectivity index (χ4v) is 2.19. The van der Waals surface area contributed by atoms with Gasteiger partial charge in [-0.15, -0.1) is 0 Å². The molecule has 1 rings (SSSR count). The zero-order valence-corrected chi connectivity index (χ0v) is 9.79. The molecule has 1 N–H and O–H groups in total. The minimum absolute atomic E-state index is 0.340. The molecule has 2 atom stereocenters. The van der Waals surface area contributed by atoms with Crippen molar-refractivity contribution in [1.82, 2.24) is 0 Å². The van der Waals surface area contributed by atoms with E-state index in [4.69, 9.17) is 5.11 Å². The second kappa shape index (κ2) is 4.97. The second-order valence-electron chi connectivity index (χ2n) is 5.56. The molecule has 0 aliphatic heterocycles. The van der Waals surface area contributed by atoms with Crippen molar-refractivity contribution in [1.29, 1.82) is 0 Å². The molecule has 0 aromatic heterocycles. The number of hydrogen-bond acceptors (Lipinski definition) is 1. The predicted octanol–water partition coefficient (Wildman–Crippen LogP) is 3.39. The van der Waals surface area contributed by atoms with Crippen molar-refractivity contribution in [3.63, 3.8) is 0 Å². The van der Waals surface area contributed by atoms with E-state index in [9.17, 15) is 0 Å². The lowest BCUT2D eigenvalue weighted by molar-refractivity contribution is 0.239. The summed E-state index contributed by atoms with van der Waals surface area (Å²) >= 11 is 0. The smallest absolute Gasteiger partial charge is 0.0431 e. The summed E-state index contributed by atoms with van der Waals surface area (Å²) in [5, 5.41) is 8.75. The Hall–Kier alpha value is -0.300. The molecule has 1 aliphatic carbocycles. The molecule has 0 spiro atoms. The molecule has 0 aromatic carbocycles. The monoisotopic (exact) mass is 196 g/mol. The van der Waals surface area contributed by atoms with E-state index in [1.807, 2.05) is 0 Å². The van der Waals surface area contributed by atoms with Gasteiger partial charge in [0.25, 0.3) is 0 Å². The minimum Gasteiger partial charge on any atom is -0.396 e. The maximum atomic E-state index is 8.75. The molecule has 0 saturated carbocycles. The highest BCUT2D eigenvalue weighted by molar-refractivity contribution is 5.01. The van der Waals surface area contributed by atoms with Crippen LogP contribution in [0.2, 0.25) is 0 Å². The molecule has 0 amide bonds. The fourth-order valence-electron chi connectivity index (χ4n) is 2.19. The lowest BCUT2D eigenvalue weighted by atomic mass is 9.73. The summed E-state index contributed by atoms with van der Waals surface area (Å²) in [5.41, 5.74) is 0.415. The van der Waals surface area contributed by atoms with Crippen LogP contribution < -0.4 is 0 Å². The number of aliphatic hydroxyl groups excluding tert-OH is 1. The molecule has 0 bridgehead atoms. The maximum Gasteiger partial charge on any atom is 0.0431 e. The third-order valence-electron chi connectivity index (χ3n) is 3.31. The highest BCUT2D eigenvalue weighted by Crippen LogP contribution is 2.36. The van der Waals surface area contributed by atoms with E-state index < -0.39 is 0 Å². The van der Waals surface area contributed by atoms with Gasteiger partial charge in [0.1, 0.15) is 0 Å². The van der Waals surface area contributed by atoms with E-state index in [-0.39, 0.29) is 0 Å². The van der Waals surface area contributed by atoms with Gasteiger partial charge in [-0.3, -0.25) is 0 Å². The van der Waals surface area contributed by atoms with Crippen molar-refractivity contribution in [3.05, 3.63) is 12.2 Å². The largest absolute Gasteiger partial charge is 0.396 e. The lowest BCUT2D eigenvalue weighted by Gasteiger charge is -2.32. The summed E-state index contributed by atoms with van der Waals surface area (Å²) in [5.74, 6) is 1.47. The molecule has 0 aromatic rings. The molecule has 82 valence electrons. The predicted molar refractivity (Wildman–Crippen MR) is 61.1 cm³/mol. The van der Waals surface area contributed by atoms with Gasteiger partial charge in [0.15, 0.2) is 0 Å². The van der Waals surface area contributed by atoms with Crippen LogP contribution in [-0.4, -0.2) is 11.7 Å². The van der Waals surface area contributed by atoms with Gasteiger partial charge < -0.3 is 5.11 Å². The molecule has 1 heteroatoms. The Morgan fingerprint density at radius 2 is 1.93 bits per heavy atom. The van der Waals surface area contributed by atoms with Crippen LogP contribution in [0, 0.1) is 17.3 Å². The Balaban J connectivity index is 2.39. The van der Waals surface area contributed by atoms with Gasteiger partial charge in [0.2, 0.25) is 0 Å². The molecule has 1 nitrogen and oxygen atoms in total. The van der Waals surface area contributed by atoms with Crippen molar-refractivity contribution in [3.8, 4) is 0 Å². The molecule has 0 saturated heterocycles. The van der Waals surface area contributed by atoms with Crippen LogP contribution in [0.25, 0.3) is 0 Å². The number of rotatable bonds is 3. The van der Waals surface area contributed by atoms with Gasteiger partial charge in [0.05, 0.1) is 0 Å². The first-order valence-corrected chi connectivity index (χ1v) is 5.83. The van der Waals surface area contributed by atoms with Gasteiger partial charge in [0, 0.05) is 6.61 Å². The minimum atomic E-state index is 0.340. The summed E-state index contributed by atoms with van der Waals surface area (Å²) in [6, 6.07) is 0. The average molecular weight is 196 g/mol. The maximum absolute atomic E-state index is 8.75. The van der Waals surface area contributed by atoms with Crippen LogP contribution in [0.4, 0.5) is 0 Å². The van der Waals surface area contributed by atoms with Gasteiger partial charge in [-0.1, -0.05) is 32.9 Å². The van der Waals surface area contributed by atoms with E-state index >= 15 is 0 Å². The summed E-state index contributed by atoms with van der Waals surface area (Å²) < 4.78 is 0. The van der Waals surface area contributed by atoms with E-state index in [1.165, 1.54) is 12.8 Å². The molecule has 1 aliphatic rings. The first kappa shape index (κ1) is 11.8. The molecular formula is C13H24O. The molecule has 2 unspecified atom stereocenters. The van der Waals surface area contributed by atoms with Crippen LogP contribution >= 0.6 is 0 Å². The number of allylic oxidation sites excluding steroid dienone is 2. The third kappa shape index (κ3) is 3.45. The first-order valence-electron chi connectivity index (χ1n) is 5.83. The Labute approximate surface area is 88.2 Å². The number of hydrogen-bond donors (Lipinski definition) is 1. The Kier molecular flexibility index (Phi) is 4.18. The summed E-state index contributed by atoms with van der Waals surface area (Å²) in [4.78, 5) is 0. The summed E-state index contributed by atoms with van der Waals surface area (Å²) in [7, 11) is 0. The Morgan fingerprint density at radius 1 is 1.21 bits per heavy atom. The van der Waals surface area contributed by atoms with Crippen LogP contribution in [0.3, 0.4) is 0 Å². The van der Waals surface area contributed by atoms with E-state index in [2.05, 4.69) is 32.9 Å². The third-order valence-corrected chi connectivity index (χ3v) is 3.31. The summed E-state index contributed by atoms with van der Waals surface area (Å²) in [6.45, 7) is 7.29. The highest BCUT2D eigenvalue weighted by Gasteiger charge is 2.25. The first-order chi connectivity index (χ1) is 6.54. The SMILES string of the molecule is CC(C)(C)C1C=CC(CCCO)CC1. The zero-order chi connectivity index (χ0) is 10.6.